The van der Waals surface area contributed by atoms with Gasteiger partial charge in [0.1, 0.15) is 0 Å². The second-order valence-electron chi connectivity index (χ2n) is 2.24. The molecule has 0 fully saturated rings. The Morgan fingerprint density at radius 1 is 1.62 bits per heavy atom. The lowest BCUT2D eigenvalue weighted by atomic mass is 10.7. The molecule has 0 bridgehead atoms. The van der Waals surface area contributed by atoms with Gasteiger partial charge in [-0.25, -0.2) is 4.98 Å². The van der Waals surface area contributed by atoms with Gasteiger partial charge < -0.3 is 4.57 Å². The van der Waals surface area contributed by atoms with Gasteiger partial charge in [0.25, 0.3) is 0 Å². The zero-order valence-electron chi connectivity index (χ0n) is 6.51. The van der Waals surface area contributed by atoms with Crippen LogP contribution in [0.5, 0.6) is 0 Å². The first-order chi connectivity index (χ1) is 5.91. The summed E-state index contributed by atoms with van der Waals surface area (Å²) in [4.78, 5) is 6.66. The Balaban J connectivity index is 2.96. The molecule has 0 N–H and O–H groups in total. The zero-order valence-corrected chi connectivity index (χ0v) is 7.26. The van der Waals surface area contributed by atoms with E-state index in [0.717, 1.165) is 0 Å². The quantitative estimate of drug-likeness (QED) is 0.656. The van der Waals surface area contributed by atoms with Crippen LogP contribution in [0.25, 0.3) is 0 Å². The fourth-order valence-electron chi connectivity index (χ4n) is 0.617. The van der Waals surface area contributed by atoms with Crippen molar-refractivity contribution in [1.82, 2.24) is 9.55 Å². The number of rotatable bonds is 1. The highest BCUT2D eigenvalue weighted by Gasteiger charge is 2.34. The maximum atomic E-state index is 11.9. The summed E-state index contributed by atoms with van der Waals surface area (Å²) in [5.74, 6) is -0.0812. The van der Waals surface area contributed by atoms with Crippen molar-refractivity contribution in [3.8, 4) is 0 Å². The summed E-state index contributed by atoms with van der Waals surface area (Å²) in [5.41, 5.74) is 0. The monoisotopic (exact) mass is 211 g/mol. The molecular formula is C6H5ClF3N3. The number of hydrogen-bond acceptors (Lipinski definition) is 2. The van der Waals surface area contributed by atoms with Gasteiger partial charge in [0, 0.05) is 19.4 Å². The van der Waals surface area contributed by atoms with E-state index in [1.165, 1.54) is 24.0 Å². The van der Waals surface area contributed by atoms with E-state index in [4.69, 9.17) is 11.6 Å². The van der Waals surface area contributed by atoms with Crippen LogP contribution in [0.2, 0.25) is 0 Å². The molecule has 72 valence electrons. The van der Waals surface area contributed by atoms with Gasteiger partial charge in [-0.05, 0) is 0 Å². The van der Waals surface area contributed by atoms with Crippen molar-refractivity contribution in [3.05, 3.63) is 12.4 Å². The molecule has 1 aromatic rings. The van der Waals surface area contributed by atoms with Gasteiger partial charge in [-0.3, -0.25) is 0 Å². The number of halogens is 4. The van der Waals surface area contributed by atoms with Gasteiger partial charge in [-0.15, -0.1) is 0 Å². The minimum absolute atomic E-state index is 0.0812. The van der Waals surface area contributed by atoms with Crippen LogP contribution in [0.3, 0.4) is 0 Å². The molecule has 0 aromatic carbocycles. The van der Waals surface area contributed by atoms with Gasteiger partial charge in [0.05, 0.1) is 0 Å². The lowest BCUT2D eigenvalue weighted by molar-refractivity contribution is -0.0558. The summed E-state index contributed by atoms with van der Waals surface area (Å²) in [6, 6.07) is 0. The third kappa shape index (κ3) is 2.45. The molecule has 0 saturated carbocycles. The Hall–Kier alpha value is -1.04. The average molecular weight is 212 g/mol. The van der Waals surface area contributed by atoms with Crippen LogP contribution in [0.4, 0.5) is 19.1 Å². The lowest BCUT2D eigenvalue weighted by Crippen LogP contribution is -2.16. The highest BCUT2D eigenvalue weighted by molar-refractivity contribution is 6.67. The molecule has 3 nitrogen and oxygen atoms in total. The maximum absolute atomic E-state index is 11.9. The van der Waals surface area contributed by atoms with E-state index in [1.54, 1.807) is 0 Å². The number of aryl methyl sites for hydroxylation is 1. The molecule has 13 heavy (non-hydrogen) atoms. The number of nitrogens with zero attached hydrogens (tertiary/aromatic N) is 3. The standard InChI is InChI=1S/C6H5ClF3N3/c1-13-3-2-11-5(13)12-4(7)6(8,9)10/h2-3H,1H3. The molecule has 7 heteroatoms. The van der Waals surface area contributed by atoms with Gasteiger partial charge in [0.15, 0.2) is 0 Å². The largest absolute Gasteiger partial charge is 0.444 e. The van der Waals surface area contributed by atoms with Crippen molar-refractivity contribution >= 4 is 22.7 Å². The van der Waals surface area contributed by atoms with Crippen LogP contribution in [0.15, 0.2) is 17.4 Å². The summed E-state index contributed by atoms with van der Waals surface area (Å²) in [6.07, 6.45) is -1.81. The second-order valence-corrected chi connectivity index (χ2v) is 2.60. The van der Waals surface area contributed by atoms with Crippen molar-refractivity contribution in [1.29, 1.82) is 0 Å². The number of imidazole rings is 1. The van der Waals surface area contributed by atoms with E-state index >= 15 is 0 Å². The Morgan fingerprint density at radius 3 is 2.62 bits per heavy atom. The molecular weight excluding hydrogens is 207 g/mol. The fraction of sp³-hybridized carbons (Fsp3) is 0.333. The van der Waals surface area contributed by atoms with E-state index in [9.17, 15) is 13.2 Å². The number of aromatic nitrogens is 2. The van der Waals surface area contributed by atoms with Crippen molar-refractivity contribution < 1.29 is 13.2 Å². The Bertz CT molecular complexity index is 328. The maximum Gasteiger partial charge on any atom is 0.444 e. The fourth-order valence-corrected chi connectivity index (χ4v) is 0.692. The summed E-state index contributed by atoms with van der Waals surface area (Å²) in [6.45, 7) is 0. The molecule has 1 rings (SSSR count). The summed E-state index contributed by atoms with van der Waals surface area (Å²) < 4.78 is 36.9. The predicted molar refractivity (Wildman–Crippen MR) is 42.2 cm³/mol. The highest BCUT2D eigenvalue weighted by atomic mass is 35.5. The number of aliphatic imine (C=N–C) groups is 1. The molecule has 0 spiro atoms. The first-order valence-electron chi connectivity index (χ1n) is 3.20. The van der Waals surface area contributed by atoms with Gasteiger partial charge in [-0.2, -0.15) is 18.2 Å². The normalized spacial score (nSPS) is 13.5. The van der Waals surface area contributed by atoms with E-state index in [0.29, 0.717) is 0 Å². The first kappa shape index (κ1) is 10.0. The van der Waals surface area contributed by atoms with Crippen molar-refractivity contribution in [2.24, 2.45) is 12.0 Å². The van der Waals surface area contributed by atoms with Gasteiger partial charge >= 0.3 is 6.18 Å². The van der Waals surface area contributed by atoms with E-state index < -0.39 is 11.3 Å². The number of hydrogen-bond donors (Lipinski definition) is 0. The molecule has 0 amide bonds. The minimum atomic E-state index is -4.62. The smallest absolute Gasteiger partial charge is 0.319 e. The van der Waals surface area contributed by atoms with E-state index in [-0.39, 0.29) is 5.95 Å². The highest BCUT2D eigenvalue weighted by Crippen LogP contribution is 2.22. The summed E-state index contributed by atoms with van der Waals surface area (Å²) in [5, 5.41) is -1.43. The third-order valence-corrected chi connectivity index (χ3v) is 1.53. The van der Waals surface area contributed by atoms with Crippen LogP contribution < -0.4 is 0 Å². The van der Waals surface area contributed by atoms with Crippen LogP contribution in [0.1, 0.15) is 0 Å². The van der Waals surface area contributed by atoms with E-state index in [1.807, 2.05) is 0 Å². The Labute approximate surface area is 76.9 Å². The van der Waals surface area contributed by atoms with Crippen molar-refractivity contribution in [2.45, 2.75) is 6.18 Å². The van der Waals surface area contributed by atoms with Gasteiger partial charge in [0.2, 0.25) is 11.1 Å². The first-order valence-corrected chi connectivity index (χ1v) is 3.58. The van der Waals surface area contributed by atoms with Crippen LogP contribution in [-0.2, 0) is 7.05 Å². The molecule has 0 aliphatic rings. The SMILES string of the molecule is Cn1ccnc1N=C(Cl)C(F)(F)F. The summed E-state index contributed by atoms with van der Waals surface area (Å²) in [7, 11) is 1.52. The predicted octanol–water partition coefficient (Wildman–Crippen LogP) is 2.25. The lowest BCUT2D eigenvalue weighted by Gasteiger charge is -2.02. The topological polar surface area (TPSA) is 30.2 Å². The molecule has 1 heterocycles. The molecule has 0 atom stereocenters. The molecule has 0 saturated heterocycles. The second kappa shape index (κ2) is 3.37. The molecule has 0 radical (unpaired) electrons. The van der Waals surface area contributed by atoms with Crippen LogP contribution in [-0.4, -0.2) is 20.9 Å². The van der Waals surface area contributed by atoms with Crippen molar-refractivity contribution in [3.63, 3.8) is 0 Å². The third-order valence-electron chi connectivity index (χ3n) is 1.23. The number of alkyl halides is 3. The van der Waals surface area contributed by atoms with Crippen molar-refractivity contribution in [2.75, 3.05) is 0 Å². The molecule has 1 aromatic heterocycles. The Kier molecular flexibility index (Phi) is 2.60. The summed E-state index contributed by atoms with van der Waals surface area (Å²) >= 11 is 4.89. The Morgan fingerprint density at radius 2 is 2.23 bits per heavy atom. The molecule has 0 aliphatic heterocycles. The van der Waals surface area contributed by atoms with E-state index in [2.05, 4.69) is 9.98 Å². The zero-order chi connectivity index (χ0) is 10.1. The minimum Gasteiger partial charge on any atom is -0.319 e. The average Bonchev–Trinajstić information content (AvgIpc) is 2.34. The van der Waals surface area contributed by atoms with Gasteiger partial charge in [-0.1, -0.05) is 11.6 Å². The molecule has 0 aliphatic carbocycles. The van der Waals surface area contributed by atoms with Crippen LogP contribution >= 0.6 is 11.6 Å². The molecule has 0 unspecified atom stereocenters. The van der Waals surface area contributed by atoms with Crippen LogP contribution in [0, 0.1) is 0 Å².